The summed E-state index contributed by atoms with van der Waals surface area (Å²) in [5, 5.41) is 4.15. The quantitative estimate of drug-likeness (QED) is 0.385. The van der Waals surface area contributed by atoms with Crippen molar-refractivity contribution >= 4 is 34.5 Å². The zero-order chi connectivity index (χ0) is 32.5. The van der Waals surface area contributed by atoms with Gasteiger partial charge in [0.2, 0.25) is 17.7 Å². The van der Waals surface area contributed by atoms with Crippen LogP contribution in [0.15, 0.2) is 47.1 Å². The number of nitrogens with zero attached hydrogens (tertiary/aromatic N) is 4. The maximum Gasteiger partial charge on any atom is 0.289 e. The van der Waals surface area contributed by atoms with Crippen LogP contribution in [0, 0.1) is 11.8 Å². The number of ether oxygens (including phenoxy) is 1. The third-order valence-electron chi connectivity index (χ3n) is 10.8. The van der Waals surface area contributed by atoms with Crippen molar-refractivity contribution in [2.75, 3.05) is 72.1 Å². The minimum absolute atomic E-state index is 0.0290. The molecule has 3 aromatic rings. The van der Waals surface area contributed by atoms with Gasteiger partial charge in [0.1, 0.15) is 0 Å². The van der Waals surface area contributed by atoms with Crippen molar-refractivity contribution < 1.29 is 28.3 Å². The van der Waals surface area contributed by atoms with E-state index < -0.39 is 17.4 Å². The summed E-state index contributed by atoms with van der Waals surface area (Å²) in [6.07, 6.45) is 3.06. The number of hydrogen-bond acceptors (Lipinski definition) is 7. The first-order valence-corrected chi connectivity index (χ1v) is 17.0. The van der Waals surface area contributed by atoms with Crippen LogP contribution in [0.25, 0.3) is 10.9 Å². The molecule has 6 heterocycles. The smallest absolute Gasteiger partial charge is 0.289 e. The Balaban J connectivity index is 1.14. The lowest BCUT2D eigenvalue weighted by atomic mass is 9.65. The van der Waals surface area contributed by atoms with Crippen molar-refractivity contribution in [2.24, 2.45) is 11.8 Å². The van der Waals surface area contributed by atoms with Crippen LogP contribution in [-0.4, -0.2) is 120 Å². The SMILES string of the molecule is CC[C@]12c3[nH]c4ccccc4c3CCN1C(=O)C(CC(=O)NCCN1CCOCC1)C[C@@H]2C(=O)N1CCN(C(=O)c2ccco2)CC1. The molecule has 47 heavy (non-hydrogen) atoms. The number of aromatic amines is 1. The van der Waals surface area contributed by atoms with Crippen molar-refractivity contribution in [2.45, 2.75) is 38.1 Å². The Bertz CT molecular complexity index is 1620. The Kier molecular flexibility index (Phi) is 8.80. The van der Waals surface area contributed by atoms with E-state index in [0.717, 1.165) is 41.8 Å². The number of H-pyrrole nitrogens is 1. The highest BCUT2D eigenvalue weighted by Gasteiger charge is 2.59. The fourth-order valence-electron chi connectivity index (χ4n) is 8.33. The summed E-state index contributed by atoms with van der Waals surface area (Å²) in [4.78, 5) is 66.6. The monoisotopic (exact) mass is 644 g/mol. The standard InChI is InChI=1S/C35H44N6O6/c1-2-35-27(33(44)39-13-15-40(16-14-39)34(45)29-8-5-19-47-29)22-24(23-30(42)36-10-12-38-17-20-46-21-18-38)32(43)41(35)11-9-26-25-6-3-4-7-28(25)37-31(26)35/h3-8,19,24,27,37H,2,9-18,20-23H2,1H3,(H,36,42)/t24?,27-,35+/m1/s1. The van der Waals surface area contributed by atoms with Gasteiger partial charge in [-0.25, -0.2) is 0 Å². The molecule has 1 unspecified atom stereocenters. The number of furan rings is 1. The molecule has 0 aliphatic carbocycles. The molecule has 4 aliphatic heterocycles. The number of aromatic nitrogens is 1. The summed E-state index contributed by atoms with van der Waals surface area (Å²) in [6.45, 7) is 8.44. The number of morpholine rings is 1. The predicted octanol–water partition coefficient (Wildman–Crippen LogP) is 2.21. The molecule has 4 amide bonds. The van der Waals surface area contributed by atoms with Gasteiger partial charge in [0.05, 0.1) is 30.9 Å². The van der Waals surface area contributed by atoms with Crippen LogP contribution < -0.4 is 5.32 Å². The van der Waals surface area contributed by atoms with E-state index in [1.54, 1.807) is 17.0 Å². The molecular formula is C35H44N6O6. The van der Waals surface area contributed by atoms with E-state index in [9.17, 15) is 19.2 Å². The molecule has 1 aromatic carbocycles. The molecule has 0 radical (unpaired) electrons. The molecule has 2 aromatic heterocycles. The first kappa shape index (κ1) is 31.4. The van der Waals surface area contributed by atoms with E-state index in [2.05, 4.69) is 28.2 Å². The Morgan fingerprint density at radius 2 is 1.74 bits per heavy atom. The second-order valence-corrected chi connectivity index (χ2v) is 13.1. The van der Waals surface area contributed by atoms with Gasteiger partial charge >= 0.3 is 0 Å². The molecule has 0 bridgehead atoms. The van der Waals surface area contributed by atoms with Gasteiger partial charge in [-0.2, -0.15) is 0 Å². The average Bonchev–Trinajstić information content (AvgIpc) is 3.78. The lowest BCUT2D eigenvalue weighted by molar-refractivity contribution is -0.167. The second kappa shape index (κ2) is 13.2. The molecule has 250 valence electrons. The largest absolute Gasteiger partial charge is 0.459 e. The molecular weight excluding hydrogens is 600 g/mol. The minimum Gasteiger partial charge on any atom is -0.459 e. The fraction of sp³-hybridized carbons (Fsp3) is 0.543. The van der Waals surface area contributed by atoms with Crippen molar-refractivity contribution in [3.8, 4) is 0 Å². The van der Waals surface area contributed by atoms with E-state index in [1.165, 1.54) is 6.26 Å². The van der Waals surface area contributed by atoms with Crippen molar-refractivity contribution in [3.63, 3.8) is 0 Å². The van der Waals surface area contributed by atoms with E-state index in [4.69, 9.17) is 9.15 Å². The number of carbonyl (C=O) groups excluding carboxylic acids is 4. The Morgan fingerprint density at radius 1 is 0.979 bits per heavy atom. The topological polar surface area (TPSA) is 131 Å². The number of benzene rings is 1. The van der Waals surface area contributed by atoms with Crippen LogP contribution >= 0.6 is 0 Å². The van der Waals surface area contributed by atoms with Crippen molar-refractivity contribution in [1.82, 2.24) is 29.9 Å². The van der Waals surface area contributed by atoms with E-state index in [1.807, 2.05) is 28.0 Å². The Morgan fingerprint density at radius 3 is 2.49 bits per heavy atom. The molecule has 0 saturated carbocycles. The first-order chi connectivity index (χ1) is 22.9. The lowest BCUT2D eigenvalue weighted by Gasteiger charge is -2.56. The number of piperazine rings is 1. The highest BCUT2D eigenvalue weighted by molar-refractivity contribution is 5.94. The number of piperidine rings is 1. The van der Waals surface area contributed by atoms with Crippen LogP contribution in [0.5, 0.6) is 0 Å². The van der Waals surface area contributed by atoms with E-state index >= 15 is 0 Å². The zero-order valence-electron chi connectivity index (χ0n) is 27.0. The van der Waals surface area contributed by atoms with E-state index in [-0.39, 0.29) is 35.8 Å². The highest BCUT2D eigenvalue weighted by Crippen LogP contribution is 2.52. The molecule has 3 saturated heterocycles. The van der Waals surface area contributed by atoms with Gasteiger partial charge in [-0.3, -0.25) is 24.1 Å². The maximum atomic E-state index is 14.7. The van der Waals surface area contributed by atoms with Gasteiger partial charge in [0.15, 0.2) is 5.76 Å². The van der Waals surface area contributed by atoms with Crippen molar-refractivity contribution in [1.29, 1.82) is 0 Å². The summed E-state index contributed by atoms with van der Waals surface area (Å²) >= 11 is 0. The number of rotatable bonds is 8. The maximum absolute atomic E-state index is 14.7. The Hall–Kier alpha value is -4.16. The number of nitrogens with one attached hydrogen (secondary N) is 2. The predicted molar refractivity (Wildman–Crippen MR) is 173 cm³/mol. The number of hydrogen-bond donors (Lipinski definition) is 2. The van der Waals surface area contributed by atoms with Crippen LogP contribution in [0.3, 0.4) is 0 Å². The number of carbonyl (C=O) groups is 4. The van der Waals surface area contributed by atoms with Crippen LogP contribution in [0.1, 0.15) is 48.0 Å². The molecule has 3 atom stereocenters. The molecule has 4 aliphatic rings. The van der Waals surface area contributed by atoms with Gasteiger partial charge in [0, 0.05) is 87.8 Å². The van der Waals surface area contributed by atoms with Gasteiger partial charge in [-0.1, -0.05) is 25.1 Å². The van der Waals surface area contributed by atoms with Gasteiger partial charge in [-0.05, 0) is 43.0 Å². The van der Waals surface area contributed by atoms with E-state index in [0.29, 0.717) is 71.7 Å². The number of fused-ring (bicyclic) bond motifs is 5. The minimum atomic E-state index is -0.856. The van der Waals surface area contributed by atoms with Crippen LogP contribution in [0.4, 0.5) is 0 Å². The average molecular weight is 645 g/mol. The third-order valence-corrected chi connectivity index (χ3v) is 10.8. The number of para-hydroxylation sites is 1. The normalized spacial score (nSPS) is 25.0. The lowest BCUT2D eigenvalue weighted by Crippen LogP contribution is -2.66. The van der Waals surface area contributed by atoms with Crippen molar-refractivity contribution in [3.05, 3.63) is 59.7 Å². The van der Waals surface area contributed by atoms with Gasteiger partial charge in [-0.15, -0.1) is 0 Å². The molecule has 2 N–H and O–H groups in total. The molecule has 7 rings (SSSR count). The van der Waals surface area contributed by atoms with Crippen LogP contribution in [0.2, 0.25) is 0 Å². The van der Waals surface area contributed by atoms with Gasteiger partial charge in [0.25, 0.3) is 5.91 Å². The van der Waals surface area contributed by atoms with Gasteiger partial charge < -0.3 is 34.2 Å². The second-order valence-electron chi connectivity index (χ2n) is 13.1. The molecule has 12 nitrogen and oxygen atoms in total. The molecule has 12 heteroatoms. The molecule has 0 spiro atoms. The summed E-state index contributed by atoms with van der Waals surface area (Å²) < 4.78 is 10.7. The number of amides is 4. The Labute approximate surface area is 274 Å². The first-order valence-electron chi connectivity index (χ1n) is 17.0. The zero-order valence-corrected chi connectivity index (χ0v) is 27.0. The highest BCUT2D eigenvalue weighted by atomic mass is 16.5. The summed E-state index contributed by atoms with van der Waals surface area (Å²) in [6, 6.07) is 11.5. The third kappa shape index (κ3) is 5.71. The summed E-state index contributed by atoms with van der Waals surface area (Å²) in [5.74, 6) is -1.29. The molecule has 3 fully saturated rings. The summed E-state index contributed by atoms with van der Waals surface area (Å²) in [7, 11) is 0. The van der Waals surface area contributed by atoms with Crippen LogP contribution in [-0.2, 0) is 31.1 Å². The summed E-state index contributed by atoms with van der Waals surface area (Å²) in [5.41, 5.74) is 2.25. The fourth-order valence-corrected chi connectivity index (χ4v) is 8.33.